The van der Waals surface area contributed by atoms with Gasteiger partial charge in [-0.3, -0.25) is 10.1 Å². The first-order valence-corrected chi connectivity index (χ1v) is 8.50. The fraction of sp³-hybridized carbons (Fsp3) is 0.941. The molecule has 0 bridgehead atoms. The van der Waals surface area contributed by atoms with Gasteiger partial charge in [-0.2, -0.15) is 0 Å². The van der Waals surface area contributed by atoms with E-state index in [0.717, 1.165) is 51.7 Å². The Morgan fingerprint density at radius 2 is 1.95 bits per heavy atom. The lowest BCUT2D eigenvalue weighted by atomic mass is 9.88. The SMILES string of the molecule is CCCCC1NC(CCC)N(CC(C)(C)CCOC)C1=O. The number of carbonyl (C=O) groups excluding carboxylic acids is 1. The highest BCUT2D eigenvalue weighted by Crippen LogP contribution is 2.27. The predicted octanol–water partition coefficient (Wildman–Crippen LogP) is 3.17. The minimum atomic E-state index is 0.0275. The van der Waals surface area contributed by atoms with Crippen LogP contribution in [0.3, 0.4) is 0 Å². The average Bonchev–Trinajstić information content (AvgIpc) is 2.72. The van der Waals surface area contributed by atoms with Gasteiger partial charge in [-0.25, -0.2) is 0 Å². The number of amides is 1. The molecule has 1 amide bonds. The van der Waals surface area contributed by atoms with Crippen molar-refractivity contribution in [3.05, 3.63) is 0 Å². The first kappa shape index (κ1) is 18.4. The van der Waals surface area contributed by atoms with Gasteiger partial charge in [0.05, 0.1) is 12.2 Å². The third-order valence-electron chi connectivity index (χ3n) is 4.34. The number of ether oxygens (including phenoxy) is 1. The van der Waals surface area contributed by atoms with Crippen LogP contribution in [0.15, 0.2) is 0 Å². The molecule has 2 unspecified atom stereocenters. The second kappa shape index (κ2) is 8.74. The summed E-state index contributed by atoms with van der Waals surface area (Å²) in [6.45, 7) is 10.4. The van der Waals surface area contributed by atoms with E-state index in [-0.39, 0.29) is 17.6 Å². The largest absolute Gasteiger partial charge is 0.385 e. The van der Waals surface area contributed by atoms with Crippen molar-refractivity contribution in [1.29, 1.82) is 0 Å². The molecule has 1 aliphatic rings. The van der Waals surface area contributed by atoms with Gasteiger partial charge in [0.25, 0.3) is 0 Å². The summed E-state index contributed by atoms with van der Waals surface area (Å²) < 4.78 is 5.20. The van der Waals surface area contributed by atoms with Crippen LogP contribution in [0.4, 0.5) is 0 Å². The van der Waals surface area contributed by atoms with Gasteiger partial charge in [-0.1, -0.05) is 47.0 Å². The van der Waals surface area contributed by atoms with Gasteiger partial charge >= 0.3 is 0 Å². The zero-order chi connectivity index (χ0) is 15.9. The molecule has 2 atom stereocenters. The molecule has 0 aliphatic carbocycles. The van der Waals surface area contributed by atoms with Gasteiger partial charge < -0.3 is 9.64 Å². The Labute approximate surface area is 130 Å². The number of hydrogen-bond donors (Lipinski definition) is 1. The topological polar surface area (TPSA) is 41.6 Å². The fourth-order valence-corrected chi connectivity index (χ4v) is 2.98. The molecular weight excluding hydrogens is 264 g/mol. The number of methoxy groups -OCH3 is 1. The summed E-state index contributed by atoms with van der Waals surface area (Å²) in [7, 11) is 1.74. The molecule has 0 radical (unpaired) electrons. The Hall–Kier alpha value is -0.610. The Bertz CT molecular complexity index is 318. The molecule has 4 nitrogen and oxygen atoms in total. The van der Waals surface area contributed by atoms with Crippen molar-refractivity contribution in [3.63, 3.8) is 0 Å². The van der Waals surface area contributed by atoms with E-state index in [4.69, 9.17) is 4.74 Å². The molecule has 1 heterocycles. The van der Waals surface area contributed by atoms with Crippen LogP contribution in [0, 0.1) is 5.41 Å². The summed E-state index contributed by atoms with van der Waals surface area (Å²) in [5, 5.41) is 3.55. The van der Waals surface area contributed by atoms with Crippen molar-refractivity contribution in [1.82, 2.24) is 10.2 Å². The molecule has 1 aliphatic heterocycles. The number of carbonyl (C=O) groups is 1. The van der Waals surface area contributed by atoms with Crippen molar-refractivity contribution in [2.45, 2.75) is 78.4 Å². The summed E-state index contributed by atoms with van der Waals surface area (Å²) in [6.07, 6.45) is 6.55. The predicted molar refractivity (Wildman–Crippen MR) is 87.1 cm³/mol. The van der Waals surface area contributed by atoms with Crippen LogP contribution in [0.5, 0.6) is 0 Å². The number of nitrogens with one attached hydrogen (secondary N) is 1. The van der Waals surface area contributed by atoms with Crippen LogP contribution in [0.1, 0.15) is 66.2 Å². The lowest BCUT2D eigenvalue weighted by Gasteiger charge is -2.33. The van der Waals surface area contributed by atoms with Crippen LogP contribution in [0.25, 0.3) is 0 Å². The lowest BCUT2D eigenvalue weighted by molar-refractivity contribution is -0.131. The van der Waals surface area contributed by atoms with Gasteiger partial charge in [-0.15, -0.1) is 0 Å². The molecule has 4 heteroatoms. The minimum absolute atomic E-state index is 0.0275. The first-order chi connectivity index (χ1) is 9.95. The third kappa shape index (κ3) is 5.59. The summed E-state index contributed by atoms with van der Waals surface area (Å²) >= 11 is 0. The highest BCUT2D eigenvalue weighted by atomic mass is 16.5. The molecule has 0 aromatic rings. The van der Waals surface area contributed by atoms with Crippen molar-refractivity contribution in [3.8, 4) is 0 Å². The van der Waals surface area contributed by atoms with Crippen molar-refractivity contribution in [2.24, 2.45) is 5.41 Å². The Balaban J connectivity index is 2.68. The first-order valence-electron chi connectivity index (χ1n) is 8.50. The number of hydrogen-bond acceptors (Lipinski definition) is 3. The van der Waals surface area contributed by atoms with Gasteiger partial charge in [0, 0.05) is 20.3 Å². The molecule has 1 N–H and O–H groups in total. The number of unbranched alkanes of at least 4 members (excludes halogenated alkanes) is 1. The van der Waals surface area contributed by atoms with Gasteiger partial charge in [0.1, 0.15) is 0 Å². The van der Waals surface area contributed by atoms with E-state index in [1.54, 1.807) is 7.11 Å². The molecule has 0 spiro atoms. The van der Waals surface area contributed by atoms with Gasteiger partial charge in [-0.05, 0) is 24.7 Å². The summed E-state index contributed by atoms with van der Waals surface area (Å²) in [5.74, 6) is 0.299. The van der Waals surface area contributed by atoms with Crippen LogP contribution >= 0.6 is 0 Å². The summed E-state index contributed by atoms with van der Waals surface area (Å²) in [4.78, 5) is 14.8. The number of nitrogens with zero attached hydrogens (tertiary/aromatic N) is 1. The fourth-order valence-electron chi connectivity index (χ4n) is 2.98. The normalized spacial score (nSPS) is 23.1. The third-order valence-corrected chi connectivity index (χ3v) is 4.34. The molecule has 124 valence electrons. The molecule has 1 rings (SSSR count). The smallest absolute Gasteiger partial charge is 0.241 e. The molecule has 1 fully saturated rings. The second-order valence-corrected chi connectivity index (χ2v) is 7.04. The van der Waals surface area contributed by atoms with E-state index in [9.17, 15) is 4.79 Å². The van der Waals surface area contributed by atoms with E-state index in [0.29, 0.717) is 5.91 Å². The highest BCUT2D eigenvalue weighted by molar-refractivity contribution is 5.84. The molecule has 21 heavy (non-hydrogen) atoms. The maximum absolute atomic E-state index is 12.7. The van der Waals surface area contributed by atoms with E-state index < -0.39 is 0 Å². The maximum atomic E-state index is 12.7. The average molecular weight is 298 g/mol. The van der Waals surface area contributed by atoms with Crippen molar-refractivity contribution >= 4 is 5.91 Å². The lowest BCUT2D eigenvalue weighted by Crippen LogP contribution is -2.43. The second-order valence-electron chi connectivity index (χ2n) is 7.04. The molecule has 0 aromatic carbocycles. The van der Waals surface area contributed by atoms with Crippen LogP contribution in [-0.2, 0) is 9.53 Å². The Morgan fingerprint density at radius 3 is 2.52 bits per heavy atom. The monoisotopic (exact) mass is 298 g/mol. The van der Waals surface area contributed by atoms with E-state index in [1.807, 2.05) is 0 Å². The van der Waals surface area contributed by atoms with E-state index in [2.05, 4.69) is 37.9 Å². The molecule has 0 aromatic heterocycles. The van der Waals surface area contributed by atoms with Crippen LogP contribution in [0.2, 0.25) is 0 Å². The van der Waals surface area contributed by atoms with Crippen LogP contribution < -0.4 is 5.32 Å². The summed E-state index contributed by atoms with van der Waals surface area (Å²) in [6, 6.07) is 0.0275. The van der Waals surface area contributed by atoms with Crippen LogP contribution in [-0.4, -0.2) is 43.3 Å². The molecule has 0 saturated carbocycles. The molecule has 1 saturated heterocycles. The molecular formula is C17H34N2O2. The zero-order valence-electron chi connectivity index (χ0n) is 14.6. The zero-order valence-corrected chi connectivity index (χ0v) is 14.6. The minimum Gasteiger partial charge on any atom is -0.385 e. The van der Waals surface area contributed by atoms with Crippen molar-refractivity contribution < 1.29 is 9.53 Å². The Kier molecular flexibility index (Phi) is 7.67. The standard InChI is InChI=1S/C17H34N2O2/c1-6-8-10-14-16(20)19(15(18-14)9-7-2)13-17(3,4)11-12-21-5/h14-15,18H,6-13H2,1-5H3. The maximum Gasteiger partial charge on any atom is 0.241 e. The summed E-state index contributed by atoms with van der Waals surface area (Å²) in [5.41, 5.74) is 0.0962. The Morgan fingerprint density at radius 1 is 1.24 bits per heavy atom. The van der Waals surface area contributed by atoms with Crippen molar-refractivity contribution in [2.75, 3.05) is 20.3 Å². The number of rotatable bonds is 10. The highest BCUT2D eigenvalue weighted by Gasteiger charge is 2.39. The van der Waals surface area contributed by atoms with E-state index in [1.165, 1.54) is 0 Å². The van der Waals surface area contributed by atoms with E-state index >= 15 is 0 Å². The van der Waals surface area contributed by atoms with Gasteiger partial charge in [0.15, 0.2) is 0 Å². The quantitative estimate of drug-likeness (QED) is 0.673. The van der Waals surface area contributed by atoms with Gasteiger partial charge in [0.2, 0.25) is 5.91 Å².